The number of nitro groups is 1. The summed E-state index contributed by atoms with van der Waals surface area (Å²) in [6.45, 7) is 0.687. The Morgan fingerprint density at radius 1 is 1.20 bits per heavy atom. The molecule has 0 atom stereocenters. The van der Waals surface area contributed by atoms with E-state index in [9.17, 15) is 24.8 Å². The number of benzene rings is 2. The minimum Gasteiger partial charge on any atom is -0.502 e. The molecule has 1 aliphatic heterocycles. The molecule has 0 aromatic heterocycles. The van der Waals surface area contributed by atoms with Crippen molar-refractivity contribution < 1.29 is 19.6 Å². The molecular weight excluding hydrogens is 326 g/mol. The van der Waals surface area contributed by atoms with Gasteiger partial charge >= 0.3 is 5.69 Å². The molecule has 2 N–H and O–H groups in total. The number of nitro benzene ring substituents is 1. The smallest absolute Gasteiger partial charge is 0.310 e. The summed E-state index contributed by atoms with van der Waals surface area (Å²) < 4.78 is 0. The second kappa shape index (κ2) is 6.60. The van der Waals surface area contributed by atoms with Crippen LogP contribution in [-0.2, 0) is 4.79 Å². The van der Waals surface area contributed by atoms with Crippen molar-refractivity contribution in [3.8, 4) is 5.75 Å². The van der Waals surface area contributed by atoms with Crippen molar-refractivity contribution in [1.82, 2.24) is 0 Å². The minimum atomic E-state index is -0.727. The maximum absolute atomic E-state index is 12.2. The van der Waals surface area contributed by atoms with Crippen LogP contribution < -0.4 is 10.2 Å². The van der Waals surface area contributed by atoms with Crippen molar-refractivity contribution in [2.75, 3.05) is 16.8 Å². The molecule has 2 aromatic rings. The van der Waals surface area contributed by atoms with Crippen molar-refractivity contribution in [1.29, 1.82) is 0 Å². The molecule has 25 heavy (non-hydrogen) atoms. The van der Waals surface area contributed by atoms with Crippen LogP contribution in [0.5, 0.6) is 5.75 Å². The summed E-state index contributed by atoms with van der Waals surface area (Å²) in [5.41, 5.74) is 0.921. The maximum atomic E-state index is 12.2. The third-order valence-electron chi connectivity index (χ3n) is 3.94. The van der Waals surface area contributed by atoms with Gasteiger partial charge in [0.1, 0.15) is 0 Å². The number of phenols is 1. The van der Waals surface area contributed by atoms with E-state index in [1.165, 1.54) is 6.07 Å². The largest absolute Gasteiger partial charge is 0.502 e. The zero-order valence-electron chi connectivity index (χ0n) is 13.1. The second-order valence-corrected chi connectivity index (χ2v) is 5.61. The average molecular weight is 341 g/mol. The Morgan fingerprint density at radius 3 is 2.48 bits per heavy atom. The highest BCUT2D eigenvalue weighted by Gasteiger charge is 2.21. The summed E-state index contributed by atoms with van der Waals surface area (Å²) in [5, 5.41) is 22.9. The van der Waals surface area contributed by atoms with Crippen LogP contribution in [0.15, 0.2) is 42.5 Å². The first-order valence-electron chi connectivity index (χ1n) is 7.65. The summed E-state index contributed by atoms with van der Waals surface area (Å²) in [7, 11) is 0. The first kappa shape index (κ1) is 16.4. The number of anilines is 2. The fourth-order valence-electron chi connectivity index (χ4n) is 2.67. The van der Waals surface area contributed by atoms with E-state index in [0.717, 1.165) is 24.2 Å². The van der Waals surface area contributed by atoms with Gasteiger partial charge in [0.25, 0.3) is 5.91 Å². The number of phenolic OH excluding ortho intramolecular Hbond substituents is 1. The van der Waals surface area contributed by atoms with Gasteiger partial charge in [0.2, 0.25) is 5.91 Å². The van der Waals surface area contributed by atoms with Gasteiger partial charge in [0.05, 0.1) is 4.92 Å². The maximum Gasteiger partial charge on any atom is 0.310 e. The molecule has 3 rings (SSSR count). The van der Waals surface area contributed by atoms with Crippen LogP contribution in [0.3, 0.4) is 0 Å². The lowest BCUT2D eigenvalue weighted by atomic mass is 10.1. The number of carbonyl (C=O) groups excluding carboxylic acids is 2. The minimum absolute atomic E-state index is 0.0816. The molecular formula is C17H15N3O5. The predicted octanol–water partition coefficient (Wildman–Crippen LogP) is 2.68. The normalized spacial score (nSPS) is 13.8. The Morgan fingerprint density at radius 2 is 1.92 bits per heavy atom. The van der Waals surface area contributed by atoms with E-state index in [2.05, 4.69) is 5.32 Å². The molecule has 0 saturated carbocycles. The van der Waals surface area contributed by atoms with Crippen molar-refractivity contribution >= 4 is 28.9 Å². The van der Waals surface area contributed by atoms with Crippen molar-refractivity contribution in [2.24, 2.45) is 0 Å². The Hall–Kier alpha value is -3.42. The topological polar surface area (TPSA) is 113 Å². The first-order chi connectivity index (χ1) is 12.0. The highest BCUT2D eigenvalue weighted by molar-refractivity contribution is 6.05. The van der Waals surface area contributed by atoms with Gasteiger partial charge < -0.3 is 15.3 Å². The Bertz CT molecular complexity index is 848. The number of nitrogens with zero attached hydrogens (tertiary/aromatic N) is 2. The van der Waals surface area contributed by atoms with Crippen LogP contribution in [0.4, 0.5) is 17.1 Å². The number of nitrogens with one attached hydrogen (secondary N) is 1. The molecule has 2 amide bonds. The van der Waals surface area contributed by atoms with Crippen molar-refractivity contribution in [3.63, 3.8) is 0 Å². The van der Waals surface area contributed by atoms with Crippen molar-refractivity contribution in [2.45, 2.75) is 12.8 Å². The molecule has 2 aromatic carbocycles. The molecule has 0 bridgehead atoms. The SMILES string of the molecule is O=C(Nc1ccc(N2CCCC2=O)cc1)c1ccc([N+](=O)[O-])c(O)c1. The first-order valence-corrected chi connectivity index (χ1v) is 7.65. The zero-order valence-corrected chi connectivity index (χ0v) is 13.1. The van der Waals surface area contributed by atoms with Crippen molar-refractivity contribution in [3.05, 3.63) is 58.1 Å². The van der Waals surface area contributed by atoms with E-state index in [-0.39, 0.29) is 11.5 Å². The average Bonchev–Trinajstić information content (AvgIpc) is 3.01. The summed E-state index contributed by atoms with van der Waals surface area (Å²) in [5.74, 6) is -0.992. The monoisotopic (exact) mass is 341 g/mol. The van der Waals surface area contributed by atoms with Crippen LogP contribution in [0.1, 0.15) is 23.2 Å². The van der Waals surface area contributed by atoms with Gasteiger partial charge in [-0.25, -0.2) is 0 Å². The van der Waals surface area contributed by atoms with Crippen LogP contribution in [0.25, 0.3) is 0 Å². The summed E-state index contributed by atoms with van der Waals surface area (Å²) in [6, 6.07) is 10.2. The molecule has 0 aliphatic carbocycles. The Labute approximate surface area is 142 Å². The van der Waals surface area contributed by atoms with Gasteiger partial charge in [0.15, 0.2) is 5.75 Å². The van der Waals surface area contributed by atoms with Gasteiger partial charge in [-0.3, -0.25) is 19.7 Å². The number of rotatable bonds is 4. The van der Waals surface area contributed by atoms with Crippen LogP contribution in [-0.4, -0.2) is 28.4 Å². The number of hydrogen-bond acceptors (Lipinski definition) is 5. The second-order valence-electron chi connectivity index (χ2n) is 5.61. The number of aromatic hydroxyl groups is 1. The standard InChI is InChI=1S/C17H15N3O5/c21-15-10-11(3-8-14(15)20(24)25)17(23)18-12-4-6-13(7-5-12)19-9-1-2-16(19)22/h3-8,10,21H,1-2,9H2,(H,18,23). The third kappa shape index (κ3) is 3.42. The van der Waals surface area contributed by atoms with E-state index in [4.69, 9.17) is 0 Å². The molecule has 8 nitrogen and oxygen atoms in total. The summed E-state index contributed by atoms with van der Waals surface area (Å²) in [4.78, 5) is 35.5. The van der Waals surface area contributed by atoms with Crippen LogP contribution >= 0.6 is 0 Å². The molecule has 1 saturated heterocycles. The van der Waals surface area contributed by atoms with E-state index in [1.54, 1.807) is 29.2 Å². The highest BCUT2D eigenvalue weighted by atomic mass is 16.6. The Balaban J connectivity index is 1.71. The van der Waals surface area contributed by atoms with Crippen LogP contribution in [0.2, 0.25) is 0 Å². The molecule has 128 valence electrons. The molecule has 8 heteroatoms. The van der Waals surface area contributed by atoms with E-state index in [1.807, 2.05) is 0 Å². The summed E-state index contributed by atoms with van der Waals surface area (Å²) in [6.07, 6.45) is 1.38. The lowest BCUT2D eigenvalue weighted by Gasteiger charge is -2.16. The van der Waals surface area contributed by atoms with Gasteiger partial charge in [-0.15, -0.1) is 0 Å². The van der Waals surface area contributed by atoms with Gasteiger partial charge in [0, 0.05) is 36.0 Å². The fourth-order valence-corrected chi connectivity index (χ4v) is 2.67. The number of carbonyl (C=O) groups is 2. The van der Waals surface area contributed by atoms with E-state index in [0.29, 0.717) is 18.7 Å². The molecule has 1 heterocycles. The zero-order chi connectivity index (χ0) is 18.0. The summed E-state index contributed by atoms with van der Waals surface area (Å²) >= 11 is 0. The fraction of sp³-hybridized carbons (Fsp3) is 0.176. The van der Waals surface area contributed by atoms with Crippen LogP contribution in [0, 0.1) is 10.1 Å². The highest BCUT2D eigenvalue weighted by Crippen LogP contribution is 2.27. The number of hydrogen-bond donors (Lipinski definition) is 2. The lowest BCUT2D eigenvalue weighted by molar-refractivity contribution is -0.385. The van der Waals surface area contributed by atoms with E-state index < -0.39 is 22.3 Å². The lowest BCUT2D eigenvalue weighted by Crippen LogP contribution is -2.23. The van der Waals surface area contributed by atoms with E-state index >= 15 is 0 Å². The Kier molecular flexibility index (Phi) is 4.34. The predicted molar refractivity (Wildman–Crippen MR) is 90.7 cm³/mol. The molecule has 1 aliphatic rings. The molecule has 0 radical (unpaired) electrons. The third-order valence-corrected chi connectivity index (χ3v) is 3.94. The number of amides is 2. The molecule has 1 fully saturated rings. The van der Waals surface area contributed by atoms with Gasteiger partial charge in [-0.1, -0.05) is 0 Å². The molecule has 0 unspecified atom stereocenters. The molecule has 0 spiro atoms. The van der Waals surface area contributed by atoms with Gasteiger partial charge in [-0.05, 0) is 42.8 Å². The quantitative estimate of drug-likeness (QED) is 0.656. The van der Waals surface area contributed by atoms with Gasteiger partial charge in [-0.2, -0.15) is 0 Å².